The van der Waals surface area contributed by atoms with Gasteiger partial charge in [-0.3, -0.25) is 14.7 Å². The van der Waals surface area contributed by atoms with E-state index in [1.165, 1.54) is 64.7 Å². The Kier molecular flexibility index (Phi) is 4.72. The van der Waals surface area contributed by atoms with Gasteiger partial charge in [-0.25, -0.2) is 0 Å². The predicted octanol–water partition coefficient (Wildman–Crippen LogP) is 1.25. The number of aliphatic hydroxyl groups excluding tert-OH is 1. The van der Waals surface area contributed by atoms with Crippen LogP contribution in [0.3, 0.4) is 0 Å². The number of fused-ring (bicyclic) bond motifs is 2. The number of hydrogen-bond acceptors (Lipinski definition) is 4. The molecule has 4 aliphatic rings. The smallest absolute Gasteiger partial charge is 0.0558 e. The van der Waals surface area contributed by atoms with E-state index in [0.29, 0.717) is 6.61 Å². The molecule has 3 atom stereocenters. The lowest BCUT2D eigenvalue weighted by Gasteiger charge is -2.45. The maximum atomic E-state index is 9.05. The van der Waals surface area contributed by atoms with Gasteiger partial charge in [0, 0.05) is 44.8 Å². The molecule has 4 heteroatoms. The topological polar surface area (TPSA) is 30.0 Å². The molecule has 22 heavy (non-hydrogen) atoms. The highest BCUT2D eigenvalue weighted by atomic mass is 16.3. The summed E-state index contributed by atoms with van der Waals surface area (Å²) in [5.41, 5.74) is 0. The van der Waals surface area contributed by atoms with Gasteiger partial charge >= 0.3 is 0 Å². The van der Waals surface area contributed by atoms with Crippen molar-refractivity contribution in [1.29, 1.82) is 0 Å². The van der Waals surface area contributed by atoms with Crippen LogP contribution in [0.5, 0.6) is 0 Å². The molecule has 4 nitrogen and oxygen atoms in total. The van der Waals surface area contributed by atoms with Crippen LogP contribution < -0.4 is 0 Å². The zero-order valence-electron chi connectivity index (χ0n) is 14.0. The van der Waals surface area contributed by atoms with Crippen LogP contribution in [0.4, 0.5) is 0 Å². The molecule has 2 saturated carbocycles. The fourth-order valence-corrected chi connectivity index (χ4v) is 5.73. The molecule has 2 aliphatic heterocycles. The Balaban J connectivity index is 1.23. The molecule has 2 heterocycles. The number of aliphatic hydroxyl groups is 1. The van der Waals surface area contributed by atoms with E-state index in [1.807, 2.05) is 0 Å². The van der Waals surface area contributed by atoms with Crippen LogP contribution in [0.15, 0.2) is 0 Å². The van der Waals surface area contributed by atoms with E-state index in [9.17, 15) is 0 Å². The van der Waals surface area contributed by atoms with Crippen molar-refractivity contribution in [3.8, 4) is 0 Å². The van der Waals surface area contributed by atoms with Gasteiger partial charge in [0.1, 0.15) is 0 Å². The minimum absolute atomic E-state index is 0.307. The molecule has 1 N–H and O–H groups in total. The summed E-state index contributed by atoms with van der Waals surface area (Å²) >= 11 is 0. The van der Waals surface area contributed by atoms with Crippen LogP contribution >= 0.6 is 0 Å². The Labute approximate surface area is 135 Å². The molecule has 0 amide bonds. The largest absolute Gasteiger partial charge is 0.395 e. The Hall–Kier alpha value is -0.160. The van der Waals surface area contributed by atoms with Gasteiger partial charge in [0.2, 0.25) is 0 Å². The summed E-state index contributed by atoms with van der Waals surface area (Å²) in [7, 11) is 0. The number of hydrogen-bond donors (Lipinski definition) is 1. The van der Waals surface area contributed by atoms with Crippen molar-refractivity contribution < 1.29 is 5.11 Å². The fourth-order valence-electron chi connectivity index (χ4n) is 5.73. The monoisotopic (exact) mass is 307 g/mol. The van der Waals surface area contributed by atoms with Gasteiger partial charge in [0.05, 0.1) is 6.61 Å². The molecule has 126 valence electrons. The van der Waals surface area contributed by atoms with Gasteiger partial charge in [-0.1, -0.05) is 6.42 Å². The van der Waals surface area contributed by atoms with Crippen LogP contribution in [0.1, 0.15) is 38.5 Å². The Bertz CT molecular complexity index is 361. The van der Waals surface area contributed by atoms with Crippen molar-refractivity contribution in [1.82, 2.24) is 14.7 Å². The van der Waals surface area contributed by atoms with Crippen molar-refractivity contribution in [2.75, 3.05) is 52.4 Å². The van der Waals surface area contributed by atoms with Crippen molar-refractivity contribution in [2.45, 2.75) is 50.6 Å². The van der Waals surface area contributed by atoms with Crippen molar-refractivity contribution in [2.24, 2.45) is 11.8 Å². The van der Waals surface area contributed by atoms with Crippen molar-refractivity contribution in [3.63, 3.8) is 0 Å². The highest BCUT2D eigenvalue weighted by Crippen LogP contribution is 2.47. The van der Waals surface area contributed by atoms with E-state index in [-0.39, 0.29) is 0 Å². The number of nitrogens with zero attached hydrogens (tertiary/aromatic N) is 3. The first-order valence-electron chi connectivity index (χ1n) is 9.65. The lowest BCUT2D eigenvalue weighted by Crippen LogP contribution is -2.54. The summed E-state index contributed by atoms with van der Waals surface area (Å²) in [6.07, 6.45) is 8.85. The molecule has 0 aromatic carbocycles. The van der Waals surface area contributed by atoms with Crippen molar-refractivity contribution in [3.05, 3.63) is 0 Å². The van der Waals surface area contributed by atoms with Gasteiger partial charge in [-0.15, -0.1) is 0 Å². The fraction of sp³-hybridized carbons (Fsp3) is 1.00. The quantitative estimate of drug-likeness (QED) is 0.847. The average Bonchev–Trinajstić information content (AvgIpc) is 3.19. The van der Waals surface area contributed by atoms with Gasteiger partial charge in [-0.05, 0) is 57.0 Å². The van der Waals surface area contributed by atoms with Crippen LogP contribution in [-0.2, 0) is 0 Å². The normalized spacial score (nSPS) is 38.9. The minimum atomic E-state index is 0.307. The second-order valence-electron chi connectivity index (χ2n) is 8.11. The number of rotatable bonds is 4. The van der Waals surface area contributed by atoms with E-state index >= 15 is 0 Å². The van der Waals surface area contributed by atoms with E-state index in [1.54, 1.807) is 0 Å². The molecule has 0 spiro atoms. The summed E-state index contributed by atoms with van der Waals surface area (Å²) in [5.74, 6) is 2.12. The summed E-state index contributed by atoms with van der Waals surface area (Å²) in [5, 5.41) is 9.05. The third kappa shape index (κ3) is 3.08. The Morgan fingerprint density at radius 1 is 0.773 bits per heavy atom. The molecule has 2 saturated heterocycles. The Morgan fingerprint density at radius 2 is 1.55 bits per heavy atom. The first-order valence-corrected chi connectivity index (χ1v) is 9.65. The van der Waals surface area contributed by atoms with E-state index in [0.717, 1.165) is 43.6 Å². The second-order valence-corrected chi connectivity index (χ2v) is 8.11. The SMILES string of the molecule is OCCN1CCN(C2CCN([C@H]3C[C@H]4CC[C@@H]3C4)CC2)CC1. The molecule has 0 aromatic heterocycles. The average molecular weight is 307 g/mol. The van der Waals surface area contributed by atoms with E-state index in [4.69, 9.17) is 5.11 Å². The number of β-amino-alcohol motifs (C(OH)–C–C–N with tert-alkyl or cyclic N) is 1. The lowest BCUT2D eigenvalue weighted by molar-refractivity contribution is 0.0345. The highest BCUT2D eigenvalue weighted by Gasteiger charge is 2.43. The van der Waals surface area contributed by atoms with Crippen LogP contribution in [-0.4, -0.2) is 84.3 Å². The lowest BCUT2D eigenvalue weighted by atomic mass is 9.91. The second kappa shape index (κ2) is 6.76. The van der Waals surface area contributed by atoms with Crippen LogP contribution in [0.2, 0.25) is 0 Å². The zero-order valence-corrected chi connectivity index (χ0v) is 14.0. The zero-order chi connectivity index (χ0) is 14.9. The van der Waals surface area contributed by atoms with Gasteiger partial charge in [0.15, 0.2) is 0 Å². The summed E-state index contributed by atoms with van der Waals surface area (Å²) < 4.78 is 0. The van der Waals surface area contributed by atoms with Crippen LogP contribution in [0, 0.1) is 11.8 Å². The summed E-state index contributed by atoms with van der Waals surface area (Å²) in [4.78, 5) is 7.98. The Morgan fingerprint density at radius 3 is 2.14 bits per heavy atom. The number of piperidine rings is 1. The van der Waals surface area contributed by atoms with Gasteiger partial charge in [0.25, 0.3) is 0 Å². The third-order valence-electron chi connectivity index (χ3n) is 7.01. The number of piperazine rings is 1. The molecule has 2 aliphatic carbocycles. The van der Waals surface area contributed by atoms with Gasteiger partial charge in [-0.2, -0.15) is 0 Å². The summed E-state index contributed by atoms with van der Waals surface area (Å²) in [6.45, 7) is 8.56. The first kappa shape index (κ1) is 15.4. The molecule has 0 radical (unpaired) electrons. The number of likely N-dealkylation sites (tertiary alicyclic amines) is 1. The summed E-state index contributed by atoms with van der Waals surface area (Å²) in [6, 6.07) is 1.77. The predicted molar refractivity (Wildman–Crippen MR) is 88.9 cm³/mol. The standard InChI is InChI=1S/C18H33N3O/c22-12-11-19-7-9-20(10-8-19)17-3-5-21(6-4-17)18-14-15-1-2-16(18)13-15/h15-18,22H,1-14H2/t15-,16+,18-/m0/s1. The molecular formula is C18H33N3O. The first-order chi connectivity index (χ1) is 10.8. The maximum absolute atomic E-state index is 9.05. The minimum Gasteiger partial charge on any atom is -0.395 e. The van der Waals surface area contributed by atoms with Crippen molar-refractivity contribution >= 4 is 0 Å². The molecule has 2 bridgehead atoms. The highest BCUT2D eigenvalue weighted by molar-refractivity contribution is 4.97. The van der Waals surface area contributed by atoms with E-state index < -0.39 is 0 Å². The van der Waals surface area contributed by atoms with Gasteiger partial charge < -0.3 is 5.11 Å². The third-order valence-corrected chi connectivity index (χ3v) is 7.01. The van der Waals surface area contributed by atoms with Crippen LogP contribution in [0.25, 0.3) is 0 Å². The molecule has 0 aromatic rings. The molecule has 4 rings (SSSR count). The molecular weight excluding hydrogens is 274 g/mol. The van der Waals surface area contributed by atoms with E-state index in [2.05, 4.69) is 14.7 Å². The molecule has 0 unspecified atom stereocenters. The maximum Gasteiger partial charge on any atom is 0.0558 e. The molecule has 4 fully saturated rings.